The van der Waals surface area contributed by atoms with E-state index in [0.29, 0.717) is 12.5 Å². The molecule has 1 N–H and O–H groups in total. The lowest BCUT2D eigenvalue weighted by Gasteiger charge is -2.10. The number of nitrogens with one attached hydrogen (secondary N) is 1. The zero-order valence-corrected chi connectivity index (χ0v) is 13.0. The molecular formula is C17H23N3O. The Labute approximate surface area is 126 Å². The van der Waals surface area contributed by atoms with E-state index in [0.717, 1.165) is 30.2 Å². The van der Waals surface area contributed by atoms with Crippen LogP contribution in [0.2, 0.25) is 0 Å². The third kappa shape index (κ3) is 4.45. The molecule has 1 aromatic carbocycles. The van der Waals surface area contributed by atoms with Crippen LogP contribution in [0.25, 0.3) is 0 Å². The van der Waals surface area contributed by atoms with Crippen LogP contribution in [-0.4, -0.2) is 16.5 Å². The van der Waals surface area contributed by atoms with Crippen LogP contribution in [0.5, 0.6) is 5.75 Å². The molecule has 0 bridgehead atoms. The van der Waals surface area contributed by atoms with Gasteiger partial charge in [0.05, 0.1) is 18.1 Å². The molecule has 21 heavy (non-hydrogen) atoms. The monoisotopic (exact) mass is 285 g/mol. The molecule has 1 atom stereocenters. The first-order valence-electron chi connectivity index (χ1n) is 7.50. The molecule has 0 amide bonds. The SMILES string of the molecule is CCNc1cnc(COc2ccc(C(C)CC)cc2)cn1. The van der Waals surface area contributed by atoms with E-state index in [9.17, 15) is 0 Å². The van der Waals surface area contributed by atoms with Gasteiger partial charge in [0.2, 0.25) is 0 Å². The maximum absolute atomic E-state index is 5.74. The Bertz CT molecular complexity index is 537. The molecule has 4 heteroatoms. The Hall–Kier alpha value is -2.10. The van der Waals surface area contributed by atoms with E-state index >= 15 is 0 Å². The topological polar surface area (TPSA) is 47.0 Å². The van der Waals surface area contributed by atoms with Crippen LogP contribution >= 0.6 is 0 Å². The lowest BCUT2D eigenvalue weighted by Crippen LogP contribution is -2.03. The average molecular weight is 285 g/mol. The summed E-state index contributed by atoms with van der Waals surface area (Å²) in [6.07, 6.45) is 4.62. The van der Waals surface area contributed by atoms with Crippen molar-refractivity contribution in [1.82, 2.24) is 9.97 Å². The number of anilines is 1. The summed E-state index contributed by atoms with van der Waals surface area (Å²) in [5, 5.41) is 3.12. The second-order valence-electron chi connectivity index (χ2n) is 5.09. The molecule has 0 radical (unpaired) electrons. The highest BCUT2D eigenvalue weighted by atomic mass is 16.5. The van der Waals surface area contributed by atoms with E-state index in [1.54, 1.807) is 12.4 Å². The molecule has 0 saturated heterocycles. The number of benzene rings is 1. The first kappa shape index (κ1) is 15.3. The minimum Gasteiger partial charge on any atom is -0.487 e. The number of nitrogens with zero attached hydrogens (tertiary/aromatic N) is 2. The maximum atomic E-state index is 5.74. The lowest BCUT2D eigenvalue weighted by atomic mass is 9.99. The van der Waals surface area contributed by atoms with Crippen LogP contribution in [0, 0.1) is 0 Å². The van der Waals surface area contributed by atoms with Gasteiger partial charge in [0.25, 0.3) is 0 Å². The van der Waals surface area contributed by atoms with E-state index in [4.69, 9.17) is 4.74 Å². The van der Waals surface area contributed by atoms with Crippen molar-refractivity contribution in [2.45, 2.75) is 39.7 Å². The Morgan fingerprint density at radius 3 is 2.43 bits per heavy atom. The van der Waals surface area contributed by atoms with Crippen LogP contribution in [0.4, 0.5) is 5.82 Å². The molecule has 112 valence electrons. The predicted octanol–water partition coefficient (Wildman–Crippen LogP) is 4.00. The maximum Gasteiger partial charge on any atom is 0.144 e. The fraction of sp³-hybridized carbons (Fsp3) is 0.412. The highest BCUT2D eigenvalue weighted by Crippen LogP contribution is 2.21. The minimum absolute atomic E-state index is 0.433. The van der Waals surface area contributed by atoms with E-state index in [2.05, 4.69) is 41.3 Å². The van der Waals surface area contributed by atoms with E-state index in [-0.39, 0.29) is 0 Å². The smallest absolute Gasteiger partial charge is 0.144 e. The van der Waals surface area contributed by atoms with Crippen LogP contribution in [-0.2, 0) is 6.61 Å². The van der Waals surface area contributed by atoms with Gasteiger partial charge in [-0.05, 0) is 37.0 Å². The molecule has 0 aliphatic carbocycles. The second-order valence-corrected chi connectivity index (χ2v) is 5.09. The third-order valence-electron chi connectivity index (χ3n) is 3.51. The average Bonchev–Trinajstić information content (AvgIpc) is 2.54. The fourth-order valence-corrected chi connectivity index (χ4v) is 1.99. The van der Waals surface area contributed by atoms with E-state index < -0.39 is 0 Å². The number of hydrogen-bond donors (Lipinski definition) is 1. The van der Waals surface area contributed by atoms with Gasteiger partial charge in [-0.15, -0.1) is 0 Å². The van der Waals surface area contributed by atoms with E-state index in [1.165, 1.54) is 5.56 Å². The highest BCUT2D eigenvalue weighted by molar-refractivity contribution is 5.31. The van der Waals surface area contributed by atoms with Crippen molar-refractivity contribution in [3.8, 4) is 5.75 Å². The van der Waals surface area contributed by atoms with Crippen LogP contribution in [0.15, 0.2) is 36.7 Å². The van der Waals surface area contributed by atoms with Crippen molar-refractivity contribution in [2.24, 2.45) is 0 Å². The largest absolute Gasteiger partial charge is 0.487 e. The summed E-state index contributed by atoms with van der Waals surface area (Å²) in [5.74, 6) is 2.24. The molecule has 1 unspecified atom stereocenters. The molecule has 4 nitrogen and oxygen atoms in total. The van der Waals surface area contributed by atoms with E-state index in [1.807, 2.05) is 19.1 Å². The molecule has 0 aliphatic rings. The summed E-state index contributed by atoms with van der Waals surface area (Å²) in [6, 6.07) is 8.29. The molecule has 0 fully saturated rings. The number of aromatic nitrogens is 2. The number of ether oxygens (including phenoxy) is 1. The van der Waals surface area contributed by atoms with Crippen molar-refractivity contribution in [3.63, 3.8) is 0 Å². The highest BCUT2D eigenvalue weighted by Gasteiger charge is 2.03. The summed E-state index contributed by atoms with van der Waals surface area (Å²) in [5.41, 5.74) is 2.17. The predicted molar refractivity (Wildman–Crippen MR) is 85.7 cm³/mol. The summed E-state index contributed by atoms with van der Waals surface area (Å²) < 4.78 is 5.74. The molecule has 2 rings (SSSR count). The van der Waals surface area contributed by atoms with Crippen molar-refractivity contribution in [1.29, 1.82) is 0 Å². The van der Waals surface area contributed by atoms with Crippen molar-refractivity contribution < 1.29 is 4.74 Å². The third-order valence-corrected chi connectivity index (χ3v) is 3.51. The first-order valence-corrected chi connectivity index (χ1v) is 7.50. The van der Waals surface area contributed by atoms with Gasteiger partial charge < -0.3 is 10.1 Å². The lowest BCUT2D eigenvalue weighted by molar-refractivity contribution is 0.300. The minimum atomic E-state index is 0.433. The summed E-state index contributed by atoms with van der Waals surface area (Å²) in [4.78, 5) is 8.60. The Kier molecular flexibility index (Phi) is 5.55. The van der Waals surface area contributed by atoms with Gasteiger partial charge in [-0.1, -0.05) is 26.0 Å². The van der Waals surface area contributed by atoms with Crippen LogP contribution in [0.3, 0.4) is 0 Å². The number of hydrogen-bond acceptors (Lipinski definition) is 4. The fourth-order valence-electron chi connectivity index (χ4n) is 1.99. The zero-order valence-electron chi connectivity index (χ0n) is 13.0. The normalized spacial score (nSPS) is 12.0. The molecule has 1 heterocycles. The van der Waals surface area contributed by atoms with Gasteiger partial charge in [0.15, 0.2) is 0 Å². The molecule has 0 aliphatic heterocycles. The van der Waals surface area contributed by atoms with Crippen LogP contribution < -0.4 is 10.1 Å². The quantitative estimate of drug-likeness (QED) is 0.835. The standard InChI is InChI=1S/C17H23N3O/c1-4-13(3)14-6-8-16(9-7-14)21-12-15-10-20-17(11-19-15)18-5-2/h6-11,13H,4-5,12H2,1-3H3,(H,18,20). The molecule has 2 aromatic rings. The molecule has 0 spiro atoms. The van der Waals surface area contributed by atoms with Gasteiger partial charge in [-0.25, -0.2) is 4.98 Å². The summed E-state index contributed by atoms with van der Waals surface area (Å²) in [6.45, 7) is 7.74. The van der Waals surface area contributed by atoms with Gasteiger partial charge >= 0.3 is 0 Å². The van der Waals surface area contributed by atoms with Crippen LogP contribution in [0.1, 0.15) is 44.4 Å². The summed E-state index contributed by atoms with van der Waals surface area (Å²) in [7, 11) is 0. The number of rotatable bonds is 7. The molecule has 0 saturated carbocycles. The Morgan fingerprint density at radius 2 is 1.86 bits per heavy atom. The van der Waals surface area contributed by atoms with Crippen molar-refractivity contribution >= 4 is 5.82 Å². The molecule has 1 aromatic heterocycles. The second kappa shape index (κ2) is 7.62. The Balaban J connectivity index is 1.90. The van der Waals surface area contributed by atoms with Gasteiger partial charge in [-0.3, -0.25) is 4.98 Å². The zero-order chi connectivity index (χ0) is 15.1. The van der Waals surface area contributed by atoms with Gasteiger partial charge in [0.1, 0.15) is 18.2 Å². The van der Waals surface area contributed by atoms with Crippen molar-refractivity contribution in [2.75, 3.05) is 11.9 Å². The van der Waals surface area contributed by atoms with Gasteiger partial charge in [0, 0.05) is 6.54 Å². The molecular weight excluding hydrogens is 262 g/mol. The first-order chi connectivity index (χ1) is 10.2. The van der Waals surface area contributed by atoms with Crippen molar-refractivity contribution in [3.05, 3.63) is 47.9 Å². The summed E-state index contributed by atoms with van der Waals surface area (Å²) >= 11 is 0. The van der Waals surface area contributed by atoms with Gasteiger partial charge in [-0.2, -0.15) is 0 Å². The Morgan fingerprint density at radius 1 is 1.10 bits per heavy atom.